The Labute approximate surface area is 202 Å². The fraction of sp³-hybridized carbons (Fsp3) is 0.208. The minimum Gasteiger partial charge on any atom is -0.504 e. The second kappa shape index (κ2) is 9.55. The maximum absolute atomic E-state index is 13.3. The molecule has 0 amide bonds. The van der Waals surface area contributed by atoms with Gasteiger partial charge in [-0.25, -0.2) is 9.79 Å². The van der Waals surface area contributed by atoms with Crippen LogP contribution in [0.5, 0.6) is 11.5 Å². The summed E-state index contributed by atoms with van der Waals surface area (Å²) in [6.45, 7) is 3.48. The van der Waals surface area contributed by atoms with Crippen LogP contribution in [0.15, 0.2) is 57.8 Å². The summed E-state index contributed by atoms with van der Waals surface area (Å²) in [5.74, 6) is -0.436. The lowest BCUT2D eigenvalue weighted by Gasteiger charge is -2.22. The van der Waals surface area contributed by atoms with Crippen LogP contribution in [0, 0.1) is 10.1 Å². The Morgan fingerprint density at radius 2 is 2.00 bits per heavy atom. The number of hydrogen-bond donors (Lipinski definition) is 1. The van der Waals surface area contributed by atoms with E-state index in [-0.39, 0.29) is 34.9 Å². The Kier molecular flexibility index (Phi) is 6.52. The van der Waals surface area contributed by atoms with Crippen LogP contribution in [0.1, 0.15) is 31.0 Å². The molecule has 4 rings (SSSR count). The molecule has 35 heavy (non-hydrogen) atoms. The van der Waals surface area contributed by atoms with E-state index in [0.717, 1.165) is 11.3 Å². The first kappa shape index (κ1) is 23.9. The number of esters is 1. The van der Waals surface area contributed by atoms with Crippen molar-refractivity contribution >= 4 is 34.8 Å². The van der Waals surface area contributed by atoms with Gasteiger partial charge < -0.3 is 14.6 Å². The average molecular weight is 496 g/mol. The number of aromatic nitrogens is 1. The molecule has 1 aliphatic rings. The number of phenols is 1. The van der Waals surface area contributed by atoms with E-state index in [1.54, 1.807) is 44.2 Å². The summed E-state index contributed by atoms with van der Waals surface area (Å²) in [6, 6.07) is 9.71. The number of allylic oxidation sites excluding steroid dienone is 1. The zero-order valence-corrected chi connectivity index (χ0v) is 19.9. The number of carbonyl (C=O) groups excluding carboxylic acids is 1. The van der Waals surface area contributed by atoms with Gasteiger partial charge in [-0.3, -0.25) is 19.5 Å². The number of aromatic hydroxyl groups is 1. The Hall–Kier alpha value is -4.25. The summed E-state index contributed by atoms with van der Waals surface area (Å²) in [5, 5.41) is 20.9. The summed E-state index contributed by atoms with van der Waals surface area (Å²) in [7, 11) is 1.42. The van der Waals surface area contributed by atoms with Crippen molar-refractivity contribution in [1.82, 2.24) is 4.57 Å². The average Bonchev–Trinajstić information content (AvgIpc) is 3.14. The van der Waals surface area contributed by atoms with Crippen LogP contribution < -0.4 is 19.6 Å². The molecule has 1 atom stereocenters. The third-order valence-corrected chi connectivity index (χ3v) is 6.44. The zero-order chi connectivity index (χ0) is 25.3. The Morgan fingerprint density at radius 1 is 1.29 bits per heavy atom. The molecule has 2 heterocycles. The van der Waals surface area contributed by atoms with E-state index in [1.165, 1.54) is 29.9 Å². The molecule has 0 saturated carbocycles. The smallest absolute Gasteiger partial charge is 0.338 e. The largest absolute Gasteiger partial charge is 0.504 e. The number of nitro benzene ring substituents is 1. The molecule has 0 aliphatic carbocycles. The highest BCUT2D eigenvalue weighted by atomic mass is 32.1. The van der Waals surface area contributed by atoms with Crippen LogP contribution >= 0.6 is 11.3 Å². The van der Waals surface area contributed by atoms with Crippen LogP contribution in [0.25, 0.3) is 11.8 Å². The topological polar surface area (TPSA) is 133 Å². The predicted molar refractivity (Wildman–Crippen MR) is 129 cm³/mol. The van der Waals surface area contributed by atoms with Crippen molar-refractivity contribution < 1.29 is 24.3 Å². The number of benzene rings is 2. The van der Waals surface area contributed by atoms with Gasteiger partial charge in [0, 0.05) is 17.8 Å². The summed E-state index contributed by atoms with van der Waals surface area (Å²) < 4.78 is 12.2. The minimum absolute atomic E-state index is 0.0515. The molecule has 1 N–H and O–H groups in total. The number of nitrogens with zero attached hydrogens (tertiary/aromatic N) is 3. The number of non-ortho nitro benzene ring substituents is 1. The van der Waals surface area contributed by atoms with Crippen LogP contribution in [0.2, 0.25) is 0 Å². The minimum atomic E-state index is -0.783. The Morgan fingerprint density at radius 3 is 2.63 bits per heavy atom. The van der Waals surface area contributed by atoms with Gasteiger partial charge in [0.15, 0.2) is 16.3 Å². The van der Waals surface area contributed by atoms with Crippen LogP contribution in [0.3, 0.4) is 0 Å². The van der Waals surface area contributed by atoms with E-state index in [9.17, 15) is 24.8 Å². The number of thiazole rings is 1. The first-order chi connectivity index (χ1) is 16.7. The lowest BCUT2D eigenvalue weighted by atomic mass is 9.96. The molecule has 1 aromatic heterocycles. The first-order valence-corrected chi connectivity index (χ1v) is 11.4. The highest BCUT2D eigenvalue weighted by Crippen LogP contribution is 2.36. The van der Waals surface area contributed by atoms with E-state index >= 15 is 0 Å². The number of ether oxygens (including phenoxy) is 2. The number of carbonyl (C=O) groups is 1. The molecule has 2 aromatic carbocycles. The van der Waals surface area contributed by atoms with Crippen LogP contribution in [0.4, 0.5) is 5.69 Å². The number of hydrogen-bond acceptors (Lipinski definition) is 9. The summed E-state index contributed by atoms with van der Waals surface area (Å²) in [4.78, 5) is 41.7. The first-order valence-electron chi connectivity index (χ1n) is 10.6. The van der Waals surface area contributed by atoms with Crippen molar-refractivity contribution in [3.63, 3.8) is 0 Å². The van der Waals surface area contributed by atoms with Crippen molar-refractivity contribution in [2.75, 3.05) is 13.7 Å². The van der Waals surface area contributed by atoms with Gasteiger partial charge in [-0.05, 0) is 55.3 Å². The van der Waals surface area contributed by atoms with E-state index in [2.05, 4.69) is 0 Å². The van der Waals surface area contributed by atoms with Crippen molar-refractivity contribution in [1.29, 1.82) is 0 Å². The maximum Gasteiger partial charge on any atom is 0.338 e. The number of phenolic OH excluding ortho intramolecular Hbond substituents is 1. The van der Waals surface area contributed by atoms with E-state index in [4.69, 9.17) is 14.5 Å². The Bertz CT molecular complexity index is 1530. The second-order valence-electron chi connectivity index (χ2n) is 7.56. The molecule has 0 saturated heterocycles. The van der Waals surface area contributed by atoms with Gasteiger partial charge in [-0.2, -0.15) is 0 Å². The molecule has 3 aromatic rings. The fourth-order valence-corrected chi connectivity index (χ4v) is 4.81. The van der Waals surface area contributed by atoms with Crippen molar-refractivity contribution in [3.8, 4) is 11.5 Å². The normalized spacial score (nSPS) is 15.4. The van der Waals surface area contributed by atoms with Gasteiger partial charge >= 0.3 is 5.97 Å². The summed E-state index contributed by atoms with van der Waals surface area (Å²) in [6.07, 6.45) is 1.62. The van der Waals surface area contributed by atoms with Gasteiger partial charge in [0.2, 0.25) is 0 Å². The second-order valence-corrected chi connectivity index (χ2v) is 8.57. The standard InChI is InChI=1S/C24H21N3O7S/c1-4-34-23(30)20-13(2)26-22(29)19(11-14-5-8-16(9-6-14)27(31)32)35-24(26)25-21(20)15-7-10-17(28)18(12-15)33-3/h5-12,21,28H,4H2,1-3H3/b19-11-/t21-/m1/s1. The molecule has 0 unspecified atom stereocenters. The fourth-order valence-electron chi connectivity index (χ4n) is 3.77. The molecule has 0 radical (unpaired) electrons. The SMILES string of the molecule is CCOC(=O)C1=C(C)n2c(s/c(=C\c3ccc([N+](=O)[O-])cc3)c2=O)=N[C@@H]1c1ccc(O)c(OC)c1. The number of methoxy groups -OCH3 is 1. The van der Waals surface area contributed by atoms with Crippen LogP contribution in [-0.2, 0) is 9.53 Å². The van der Waals surface area contributed by atoms with Gasteiger partial charge in [-0.15, -0.1) is 0 Å². The lowest BCUT2D eigenvalue weighted by Crippen LogP contribution is -2.35. The summed E-state index contributed by atoms with van der Waals surface area (Å²) >= 11 is 1.14. The summed E-state index contributed by atoms with van der Waals surface area (Å²) in [5.41, 5.74) is 1.36. The lowest BCUT2D eigenvalue weighted by molar-refractivity contribution is -0.384. The van der Waals surface area contributed by atoms with Crippen molar-refractivity contribution in [2.45, 2.75) is 19.9 Å². The molecule has 10 nitrogen and oxygen atoms in total. The van der Waals surface area contributed by atoms with Gasteiger partial charge in [0.1, 0.15) is 6.04 Å². The van der Waals surface area contributed by atoms with E-state index in [1.807, 2.05) is 0 Å². The monoisotopic (exact) mass is 495 g/mol. The quantitative estimate of drug-likeness (QED) is 0.316. The number of rotatable bonds is 6. The number of nitro groups is 1. The molecular weight excluding hydrogens is 474 g/mol. The Balaban J connectivity index is 1.91. The van der Waals surface area contributed by atoms with Gasteiger partial charge in [0.25, 0.3) is 11.2 Å². The molecule has 180 valence electrons. The molecule has 0 spiro atoms. The molecular formula is C24H21N3O7S. The van der Waals surface area contributed by atoms with Gasteiger partial charge in [0.05, 0.1) is 28.7 Å². The number of fused-ring (bicyclic) bond motifs is 1. The maximum atomic E-state index is 13.3. The molecule has 0 bridgehead atoms. The van der Waals surface area contributed by atoms with Gasteiger partial charge in [-0.1, -0.05) is 17.4 Å². The third-order valence-electron chi connectivity index (χ3n) is 5.46. The van der Waals surface area contributed by atoms with E-state index in [0.29, 0.717) is 26.2 Å². The zero-order valence-electron chi connectivity index (χ0n) is 19.0. The third kappa shape index (κ3) is 4.45. The highest BCUT2D eigenvalue weighted by molar-refractivity contribution is 7.07. The van der Waals surface area contributed by atoms with Crippen LogP contribution in [-0.4, -0.2) is 34.3 Å². The molecule has 0 fully saturated rings. The van der Waals surface area contributed by atoms with E-state index < -0.39 is 16.9 Å². The predicted octanol–water partition coefficient (Wildman–Crippen LogP) is 2.53. The van der Waals surface area contributed by atoms with Crippen molar-refractivity contribution in [3.05, 3.63) is 89.0 Å². The molecule has 1 aliphatic heterocycles. The van der Waals surface area contributed by atoms with Crippen molar-refractivity contribution in [2.24, 2.45) is 4.99 Å². The highest BCUT2D eigenvalue weighted by Gasteiger charge is 2.32. The molecule has 11 heteroatoms.